The molecule has 106 valence electrons. The topological polar surface area (TPSA) is 47.0 Å². The number of benzene rings is 1. The Morgan fingerprint density at radius 1 is 1.10 bits per heavy atom. The Bertz CT molecular complexity index is 743. The van der Waals surface area contributed by atoms with E-state index < -0.39 is 0 Å². The Kier molecular flexibility index (Phi) is 4.07. The van der Waals surface area contributed by atoms with Gasteiger partial charge in [-0.3, -0.25) is 4.98 Å². The highest BCUT2D eigenvalue weighted by Crippen LogP contribution is 2.22. The van der Waals surface area contributed by atoms with Crippen LogP contribution in [0.15, 0.2) is 54.7 Å². The van der Waals surface area contributed by atoms with Crippen molar-refractivity contribution in [3.63, 3.8) is 0 Å². The van der Waals surface area contributed by atoms with Crippen LogP contribution in [0.4, 0.5) is 0 Å². The van der Waals surface area contributed by atoms with Crippen LogP contribution in [-0.4, -0.2) is 16.5 Å². The number of aromatic nitrogens is 2. The summed E-state index contributed by atoms with van der Waals surface area (Å²) >= 11 is 0. The van der Waals surface area contributed by atoms with Gasteiger partial charge in [-0.25, -0.2) is 4.98 Å². The molecule has 4 heteroatoms. The molecule has 3 rings (SSSR count). The molecular weight excluding hydrogens is 262 g/mol. The summed E-state index contributed by atoms with van der Waals surface area (Å²) in [7, 11) is 0. The summed E-state index contributed by atoms with van der Waals surface area (Å²) in [5.74, 6) is 1.28. The van der Waals surface area contributed by atoms with Gasteiger partial charge in [-0.2, -0.15) is 0 Å². The van der Waals surface area contributed by atoms with Crippen molar-refractivity contribution >= 4 is 10.9 Å². The lowest BCUT2D eigenvalue weighted by atomic mass is 10.2. The monoisotopic (exact) mass is 279 g/mol. The summed E-state index contributed by atoms with van der Waals surface area (Å²) in [4.78, 5) is 8.86. The molecule has 0 aliphatic rings. The SMILES string of the molecule is CCNCc1cccc(Oc2cnc3ccccc3c2)n1. The number of hydrogen-bond acceptors (Lipinski definition) is 4. The number of fused-ring (bicyclic) bond motifs is 1. The summed E-state index contributed by atoms with van der Waals surface area (Å²) in [6.07, 6.45) is 1.72. The van der Waals surface area contributed by atoms with E-state index in [2.05, 4.69) is 22.2 Å². The number of ether oxygens (including phenoxy) is 1. The fourth-order valence-electron chi connectivity index (χ4n) is 2.09. The van der Waals surface area contributed by atoms with Gasteiger partial charge < -0.3 is 10.1 Å². The highest BCUT2D eigenvalue weighted by Gasteiger charge is 2.02. The molecule has 0 radical (unpaired) electrons. The molecule has 0 fully saturated rings. The molecule has 0 saturated heterocycles. The van der Waals surface area contributed by atoms with Crippen molar-refractivity contribution in [3.8, 4) is 11.6 Å². The quantitative estimate of drug-likeness (QED) is 0.776. The summed E-state index contributed by atoms with van der Waals surface area (Å²) in [5.41, 5.74) is 1.92. The first kappa shape index (κ1) is 13.5. The van der Waals surface area contributed by atoms with E-state index in [0.717, 1.165) is 29.7 Å². The highest BCUT2D eigenvalue weighted by molar-refractivity contribution is 5.79. The lowest BCUT2D eigenvalue weighted by Gasteiger charge is -2.07. The van der Waals surface area contributed by atoms with Crippen molar-refractivity contribution in [1.29, 1.82) is 0 Å². The largest absolute Gasteiger partial charge is 0.437 e. The molecule has 1 aromatic carbocycles. The minimum atomic E-state index is 0.586. The van der Waals surface area contributed by atoms with Gasteiger partial charge in [-0.05, 0) is 24.7 Å². The van der Waals surface area contributed by atoms with Gasteiger partial charge in [0, 0.05) is 18.0 Å². The van der Waals surface area contributed by atoms with Crippen molar-refractivity contribution in [1.82, 2.24) is 15.3 Å². The first-order chi connectivity index (χ1) is 10.3. The van der Waals surface area contributed by atoms with Gasteiger partial charge in [0.1, 0.15) is 5.75 Å². The van der Waals surface area contributed by atoms with Crippen molar-refractivity contribution in [2.45, 2.75) is 13.5 Å². The van der Waals surface area contributed by atoms with Gasteiger partial charge in [0.2, 0.25) is 5.88 Å². The number of para-hydroxylation sites is 1. The van der Waals surface area contributed by atoms with Crippen molar-refractivity contribution < 1.29 is 4.74 Å². The minimum Gasteiger partial charge on any atom is -0.437 e. The summed E-state index contributed by atoms with van der Waals surface area (Å²) in [6, 6.07) is 15.7. The zero-order valence-corrected chi connectivity index (χ0v) is 11.9. The second kappa shape index (κ2) is 6.33. The zero-order chi connectivity index (χ0) is 14.5. The molecule has 1 N–H and O–H groups in total. The van der Waals surface area contributed by atoms with Gasteiger partial charge in [-0.15, -0.1) is 0 Å². The molecular formula is C17H17N3O. The van der Waals surface area contributed by atoms with E-state index >= 15 is 0 Å². The van der Waals surface area contributed by atoms with Crippen LogP contribution in [0.2, 0.25) is 0 Å². The van der Waals surface area contributed by atoms with E-state index in [-0.39, 0.29) is 0 Å². The number of rotatable bonds is 5. The molecule has 0 aliphatic carbocycles. The van der Waals surface area contributed by atoms with Crippen LogP contribution in [0.1, 0.15) is 12.6 Å². The molecule has 2 heterocycles. The van der Waals surface area contributed by atoms with Crippen LogP contribution in [0.5, 0.6) is 11.6 Å². The molecule has 0 aliphatic heterocycles. The van der Waals surface area contributed by atoms with Gasteiger partial charge in [0.25, 0.3) is 0 Å². The van der Waals surface area contributed by atoms with Crippen molar-refractivity contribution in [2.75, 3.05) is 6.54 Å². The number of pyridine rings is 2. The molecule has 2 aromatic heterocycles. The van der Waals surface area contributed by atoms with Crippen LogP contribution in [0, 0.1) is 0 Å². The van der Waals surface area contributed by atoms with Crippen LogP contribution in [0.25, 0.3) is 10.9 Å². The van der Waals surface area contributed by atoms with Gasteiger partial charge in [-0.1, -0.05) is 31.2 Å². The van der Waals surface area contributed by atoms with Gasteiger partial charge in [0.15, 0.2) is 0 Å². The second-order valence-corrected chi connectivity index (χ2v) is 4.71. The average Bonchev–Trinajstić information content (AvgIpc) is 2.53. The summed E-state index contributed by atoms with van der Waals surface area (Å²) < 4.78 is 5.81. The highest BCUT2D eigenvalue weighted by atomic mass is 16.5. The molecule has 3 aromatic rings. The number of hydrogen-bond donors (Lipinski definition) is 1. The van der Waals surface area contributed by atoms with E-state index in [1.165, 1.54) is 0 Å². The average molecular weight is 279 g/mol. The first-order valence-corrected chi connectivity index (χ1v) is 7.04. The number of nitrogens with zero attached hydrogens (tertiary/aromatic N) is 2. The molecule has 4 nitrogen and oxygen atoms in total. The molecule has 0 saturated carbocycles. The van der Waals surface area contributed by atoms with Crippen molar-refractivity contribution in [3.05, 3.63) is 60.4 Å². The third kappa shape index (κ3) is 3.35. The maximum atomic E-state index is 5.81. The van der Waals surface area contributed by atoms with Gasteiger partial charge >= 0.3 is 0 Å². The number of nitrogens with one attached hydrogen (secondary N) is 1. The fraction of sp³-hybridized carbons (Fsp3) is 0.176. The van der Waals surface area contributed by atoms with Crippen LogP contribution in [-0.2, 0) is 6.54 Å². The Hall–Kier alpha value is -2.46. The molecule has 0 unspecified atom stereocenters. The second-order valence-electron chi connectivity index (χ2n) is 4.71. The van der Waals surface area contributed by atoms with Crippen LogP contribution >= 0.6 is 0 Å². The Morgan fingerprint density at radius 2 is 2.00 bits per heavy atom. The Balaban J connectivity index is 1.81. The zero-order valence-electron chi connectivity index (χ0n) is 11.9. The van der Waals surface area contributed by atoms with Crippen LogP contribution in [0.3, 0.4) is 0 Å². The fourth-order valence-corrected chi connectivity index (χ4v) is 2.09. The lowest BCUT2D eigenvalue weighted by Crippen LogP contribution is -2.12. The Morgan fingerprint density at radius 3 is 2.90 bits per heavy atom. The van der Waals surface area contributed by atoms with E-state index in [4.69, 9.17) is 4.74 Å². The van der Waals surface area contributed by atoms with Gasteiger partial charge in [0.05, 0.1) is 17.4 Å². The minimum absolute atomic E-state index is 0.586. The predicted octanol–water partition coefficient (Wildman–Crippen LogP) is 3.53. The summed E-state index contributed by atoms with van der Waals surface area (Å²) in [5, 5.41) is 4.30. The maximum Gasteiger partial charge on any atom is 0.219 e. The van der Waals surface area contributed by atoms with Crippen LogP contribution < -0.4 is 10.1 Å². The molecule has 0 atom stereocenters. The third-order valence-electron chi connectivity index (χ3n) is 3.13. The van der Waals surface area contributed by atoms with E-state index in [9.17, 15) is 0 Å². The molecule has 0 amide bonds. The predicted molar refractivity (Wildman–Crippen MR) is 83.4 cm³/mol. The normalized spacial score (nSPS) is 10.7. The molecule has 0 spiro atoms. The molecule has 0 bridgehead atoms. The standard InChI is InChI=1S/C17H17N3O/c1-2-18-11-14-7-5-9-17(20-14)21-15-10-13-6-3-4-8-16(13)19-12-15/h3-10,12,18H,2,11H2,1H3. The first-order valence-electron chi connectivity index (χ1n) is 7.04. The summed E-state index contributed by atoms with van der Waals surface area (Å²) in [6.45, 7) is 3.73. The Labute approximate surface area is 123 Å². The third-order valence-corrected chi connectivity index (χ3v) is 3.13. The van der Waals surface area contributed by atoms with E-state index in [1.54, 1.807) is 6.20 Å². The smallest absolute Gasteiger partial charge is 0.219 e. The van der Waals surface area contributed by atoms with E-state index in [0.29, 0.717) is 11.6 Å². The molecule has 21 heavy (non-hydrogen) atoms. The lowest BCUT2D eigenvalue weighted by molar-refractivity contribution is 0.458. The maximum absolute atomic E-state index is 5.81. The van der Waals surface area contributed by atoms with Crippen molar-refractivity contribution in [2.24, 2.45) is 0 Å². The van der Waals surface area contributed by atoms with E-state index in [1.807, 2.05) is 48.5 Å².